The van der Waals surface area contributed by atoms with Crippen LogP contribution in [-0.2, 0) is 4.79 Å². The van der Waals surface area contributed by atoms with Crippen molar-refractivity contribution in [2.45, 2.75) is 18.6 Å². The average Bonchev–Trinajstić information content (AvgIpc) is 2.27. The number of rotatable bonds is 5. The summed E-state index contributed by atoms with van der Waals surface area (Å²) in [7, 11) is 0. The number of halogens is 2. The van der Waals surface area contributed by atoms with Gasteiger partial charge in [-0.05, 0) is 19.1 Å². The van der Waals surface area contributed by atoms with Crippen molar-refractivity contribution >= 4 is 23.7 Å². The Morgan fingerprint density at radius 2 is 1.95 bits per heavy atom. The van der Waals surface area contributed by atoms with Crippen molar-refractivity contribution < 1.29 is 18.4 Å². The monoisotopic (exact) mass is 288 g/mol. The largest absolute Gasteiger partial charge is 0.351 e. The smallest absolute Gasteiger partial charge is 0.318 e. The van der Waals surface area contributed by atoms with Gasteiger partial charge >= 0.3 is 6.03 Å². The van der Waals surface area contributed by atoms with E-state index in [1.165, 1.54) is 30.0 Å². The van der Waals surface area contributed by atoms with Gasteiger partial charge in [-0.25, -0.2) is 13.6 Å². The van der Waals surface area contributed by atoms with E-state index in [2.05, 4.69) is 0 Å². The van der Waals surface area contributed by atoms with Crippen LogP contribution < -0.4 is 11.1 Å². The minimum Gasteiger partial charge on any atom is -0.351 e. The van der Waals surface area contributed by atoms with Crippen LogP contribution >= 0.6 is 11.8 Å². The van der Waals surface area contributed by atoms with Gasteiger partial charge in [0.2, 0.25) is 5.91 Å². The van der Waals surface area contributed by atoms with Crippen LogP contribution in [0.25, 0.3) is 0 Å². The zero-order chi connectivity index (χ0) is 14.4. The van der Waals surface area contributed by atoms with Crippen molar-refractivity contribution in [3.63, 3.8) is 0 Å². The van der Waals surface area contributed by atoms with E-state index in [0.29, 0.717) is 5.75 Å². The predicted molar refractivity (Wildman–Crippen MR) is 69.6 cm³/mol. The van der Waals surface area contributed by atoms with E-state index in [1.54, 1.807) is 6.92 Å². The minimum atomic E-state index is -0.914. The standard InChI is InChI=1S/C12H14F2N2O2S/c1-7(11-8(13)3-2-4-9(11)14)19-6-5-10(17)16-12(15)18/h2-4,7H,5-6H2,1H3,(H3,15,16,17,18)/t7-/m1/s1. The Balaban J connectivity index is 2.50. The topological polar surface area (TPSA) is 72.2 Å². The summed E-state index contributed by atoms with van der Waals surface area (Å²) in [6.07, 6.45) is 0.0496. The van der Waals surface area contributed by atoms with Crippen molar-refractivity contribution in [3.8, 4) is 0 Å². The number of nitrogens with two attached hydrogens (primary N) is 1. The van der Waals surface area contributed by atoms with Crippen LogP contribution in [0.15, 0.2) is 18.2 Å². The maximum atomic E-state index is 13.5. The fourth-order valence-corrected chi connectivity index (χ4v) is 2.56. The van der Waals surface area contributed by atoms with E-state index < -0.39 is 28.8 Å². The van der Waals surface area contributed by atoms with Crippen LogP contribution in [0, 0.1) is 11.6 Å². The molecule has 7 heteroatoms. The van der Waals surface area contributed by atoms with Crippen LogP contribution in [0.5, 0.6) is 0 Å². The highest BCUT2D eigenvalue weighted by Crippen LogP contribution is 2.32. The lowest BCUT2D eigenvalue weighted by Gasteiger charge is -2.13. The summed E-state index contributed by atoms with van der Waals surface area (Å²) in [6.45, 7) is 1.65. The van der Waals surface area contributed by atoms with Gasteiger partial charge in [0.25, 0.3) is 0 Å². The van der Waals surface area contributed by atoms with Crippen molar-refractivity contribution in [2.75, 3.05) is 5.75 Å². The number of carbonyl (C=O) groups is 2. The summed E-state index contributed by atoms with van der Waals surface area (Å²) in [5.41, 5.74) is 4.77. The number of carbonyl (C=O) groups excluding carboxylic acids is 2. The van der Waals surface area contributed by atoms with Gasteiger partial charge in [-0.2, -0.15) is 11.8 Å². The lowest BCUT2D eigenvalue weighted by Crippen LogP contribution is -2.35. The first-order valence-electron chi connectivity index (χ1n) is 5.56. The van der Waals surface area contributed by atoms with Gasteiger partial charge in [-0.1, -0.05) is 6.07 Å². The molecule has 1 aromatic rings. The second-order valence-corrected chi connectivity index (χ2v) is 5.26. The molecule has 0 aliphatic carbocycles. The molecule has 0 fully saturated rings. The Morgan fingerprint density at radius 1 is 1.37 bits per heavy atom. The molecular formula is C12H14F2N2O2S. The molecular weight excluding hydrogens is 274 g/mol. The highest BCUT2D eigenvalue weighted by atomic mass is 32.2. The minimum absolute atomic E-state index is 0.0113. The van der Waals surface area contributed by atoms with Crippen molar-refractivity contribution in [1.29, 1.82) is 0 Å². The lowest BCUT2D eigenvalue weighted by molar-refractivity contribution is -0.119. The quantitative estimate of drug-likeness (QED) is 0.873. The molecule has 0 aromatic heterocycles. The first kappa shape index (κ1) is 15.4. The van der Waals surface area contributed by atoms with E-state index in [4.69, 9.17) is 5.73 Å². The zero-order valence-electron chi connectivity index (χ0n) is 10.3. The zero-order valence-corrected chi connectivity index (χ0v) is 11.1. The first-order valence-corrected chi connectivity index (χ1v) is 6.61. The molecule has 1 rings (SSSR count). The van der Waals surface area contributed by atoms with Gasteiger partial charge in [-0.15, -0.1) is 0 Å². The highest BCUT2D eigenvalue weighted by molar-refractivity contribution is 7.99. The summed E-state index contributed by atoms with van der Waals surface area (Å²) >= 11 is 1.22. The Bertz CT molecular complexity index is 463. The van der Waals surface area contributed by atoms with E-state index in [0.717, 1.165) is 0 Å². The average molecular weight is 288 g/mol. The van der Waals surface area contributed by atoms with Gasteiger partial charge in [-0.3, -0.25) is 10.1 Å². The second-order valence-electron chi connectivity index (χ2n) is 3.81. The number of primary amides is 1. The lowest BCUT2D eigenvalue weighted by atomic mass is 10.1. The van der Waals surface area contributed by atoms with Crippen LogP contribution in [0.4, 0.5) is 13.6 Å². The second kappa shape index (κ2) is 7.08. The van der Waals surface area contributed by atoms with Gasteiger partial charge in [0, 0.05) is 23.0 Å². The van der Waals surface area contributed by atoms with Crippen molar-refractivity contribution in [2.24, 2.45) is 5.73 Å². The number of benzene rings is 1. The van der Waals surface area contributed by atoms with E-state index in [9.17, 15) is 18.4 Å². The fraction of sp³-hybridized carbons (Fsp3) is 0.333. The molecule has 3 N–H and O–H groups in total. The van der Waals surface area contributed by atoms with E-state index in [-0.39, 0.29) is 12.0 Å². The van der Waals surface area contributed by atoms with Crippen LogP contribution in [0.3, 0.4) is 0 Å². The summed E-state index contributed by atoms with van der Waals surface area (Å²) < 4.78 is 26.9. The third-order valence-corrected chi connectivity index (χ3v) is 3.54. The first-order chi connectivity index (χ1) is 8.91. The molecule has 0 spiro atoms. The number of hydrogen-bond donors (Lipinski definition) is 2. The fourth-order valence-electron chi connectivity index (χ4n) is 1.51. The normalized spacial score (nSPS) is 11.9. The summed E-state index contributed by atoms with van der Waals surface area (Å²) in [5.74, 6) is -1.40. The molecule has 0 aliphatic heterocycles. The maximum Gasteiger partial charge on any atom is 0.318 e. The number of urea groups is 1. The van der Waals surface area contributed by atoms with Gasteiger partial charge in [0.1, 0.15) is 11.6 Å². The van der Waals surface area contributed by atoms with Crippen LogP contribution in [0.2, 0.25) is 0 Å². The third kappa shape index (κ3) is 4.86. The SMILES string of the molecule is C[C@@H](SCCC(=O)NC(N)=O)c1c(F)cccc1F. The van der Waals surface area contributed by atoms with Crippen LogP contribution in [-0.4, -0.2) is 17.7 Å². The number of thioether (sulfide) groups is 1. The molecule has 1 aromatic carbocycles. The Labute approximate surface area is 113 Å². The molecule has 0 aliphatic rings. The molecule has 0 radical (unpaired) electrons. The number of imide groups is 1. The number of hydrogen-bond acceptors (Lipinski definition) is 3. The van der Waals surface area contributed by atoms with E-state index in [1.807, 2.05) is 5.32 Å². The molecule has 0 saturated heterocycles. The van der Waals surface area contributed by atoms with E-state index >= 15 is 0 Å². The molecule has 0 heterocycles. The third-order valence-electron chi connectivity index (χ3n) is 2.37. The molecule has 4 nitrogen and oxygen atoms in total. The Morgan fingerprint density at radius 3 is 2.47 bits per heavy atom. The molecule has 3 amide bonds. The molecule has 104 valence electrons. The van der Waals surface area contributed by atoms with Gasteiger partial charge in [0.05, 0.1) is 0 Å². The summed E-state index contributed by atoms with van der Waals surface area (Å²) in [4.78, 5) is 21.5. The molecule has 0 unspecified atom stereocenters. The molecule has 0 bridgehead atoms. The summed E-state index contributed by atoms with van der Waals surface area (Å²) in [6, 6.07) is 2.76. The van der Waals surface area contributed by atoms with Gasteiger partial charge < -0.3 is 5.73 Å². The van der Waals surface area contributed by atoms with Crippen LogP contribution in [0.1, 0.15) is 24.2 Å². The van der Waals surface area contributed by atoms with Crippen molar-refractivity contribution in [3.05, 3.63) is 35.4 Å². The number of nitrogens with one attached hydrogen (secondary N) is 1. The number of amides is 3. The van der Waals surface area contributed by atoms with Crippen molar-refractivity contribution in [1.82, 2.24) is 5.32 Å². The molecule has 0 saturated carbocycles. The summed E-state index contributed by atoms with van der Waals surface area (Å²) in [5, 5.41) is 1.49. The maximum absolute atomic E-state index is 13.5. The highest BCUT2D eigenvalue weighted by Gasteiger charge is 2.16. The molecule has 1 atom stereocenters. The van der Waals surface area contributed by atoms with Gasteiger partial charge in [0.15, 0.2) is 0 Å². The Hall–Kier alpha value is -1.63. The predicted octanol–water partition coefficient (Wildman–Crippen LogP) is 2.34. The molecule has 19 heavy (non-hydrogen) atoms. The Kier molecular flexibility index (Phi) is 5.75.